The largest absolute Gasteiger partial charge is 0.399 e. The van der Waals surface area contributed by atoms with E-state index in [1.807, 2.05) is 26.0 Å². The number of aliphatic imine (C=N–C) groups is 1. The predicted molar refractivity (Wildman–Crippen MR) is 55.0 cm³/mol. The highest BCUT2D eigenvalue weighted by atomic mass is 32.1. The maximum absolute atomic E-state index is 5.70. The lowest BCUT2D eigenvalue weighted by Gasteiger charge is -2.05. The molecule has 2 N–H and O–H groups in total. The Morgan fingerprint density at radius 1 is 1.33 bits per heavy atom. The number of hydrogen-bond acceptors (Lipinski definition) is 3. The molecule has 0 radical (unpaired) electrons. The summed E-state index contributed by atoms with van der Waals surface area (Å²) in [5.41, 5.74) is 9.45. The third-order valence-corrected chi connectivity index (χ3v) is 2.06. The van der Waals surface area contributed by atoms with E-state index in [0.29, 0.717) is 0 Å². The minimum atomic E-state index is 0.788. The SMILES string of the molecule is Cc1c(N)ccc(N=C=S)c1C. The fourth-order valence-electron chi connectivity index (χ4n) is 0.998. The monoisotopic (exact) mass is 178 g/mol. The molecule has 0 aliphatic heterocycles. The first-order valence-electron chi connectivity index (χ1n) is 3.60. The third kappa shape index (κ3) is 1.52. The lowest BCUT2D eigenvalue weighted by molar-refractivity contribution is 1.32. The molecule has 0 unspecified atom stereocenters. The van der Waals surface area contributed by atoms with Gasteiger partial charge in [-0.1, -0.05) is 0 Å². The molecule has 0 bridgehead atoms. The summed E-state index contributed by atoms with van der Waals surface area (Å²) in [6.45, 7) is 3.93. The van der Waals surface area contributed by atoms with Crippen LogP contribution in [0.3, 0.4) is 0 Å². The molecular weight excluding hydrogens is 168 g/mol. The van der Waals surface area contributed by atoms with E-state index in [1.54, 1.807) is 0 Å². The maximum Gasteiger partial charge on any atom is 0.0772 e. The van der Waals surface area contributed by atoms with Crippen molar-refractivity contribution < 1.29 is 0 Å². The number of anilines is 1. The van der Waals surface area contributed by atoms with Crippen molar-refractivity contribution in [1.29, 1.82) is 0 Å². The van der Waals surface area contributed by atoms with Gasteiger partial charge >= 0.3 is 0 Å². The van der Waals surface area contributed by atoms with Crippen molar-refractivity contribution in [3.63, 3.8) is 0 Å². The number of isothiocyanates is 1. The summed E-state index contributed by atoms with van der Waals surface area (Å²) in [5, 5.41) is 2.34. The molecule has 0 amide bonds. The van der Waals surface area contributed by atoms with Crippen LogP contribution in [0.1, 0.15) is 11.1 Å². The molecule has 2 nitrogen and oxygen atoms in total. The highest BCUT2D eigenvalue weighted by molar-refractivity contribution is 7.78. The topological polar surface area (TPSA) is 38.4 Å². The lowest BCUT2D eigenvalue weighted by atomic mass is 10.1. The van der Waals surface area contributed by atoms with Gasteiger partial charge in [-0.2, -0.15) is 4.99 Å². The number of nitrogens with zero attached hydrogens (tertiary/aromatic N) is 1. The Hall–Kier alpha value is -1.18. The first kappa shape index (κ1) is 8.91. The predicted octanol–water partition coefficient (Wildman–Crippen LogP) is 2.62. The molecule has 0 fully saturated rings. The molecule has 0 saturated carbocycles. The minimum absolute atomic E-state index is 0.788. The molecule has 1 aromatic rings. The van der Waals surface area contributed by atoms with Crippen molar-refractivity contribution in [2.24, 2.45) is 4.99 Å². The third-order valence-electron chi connectivity index (χ3n) is 1.97. The van der Waals surface area contributed by atoms with Crippen molar-refractivity contribution in [2.45, 2.75) is 13.8 Å². The van der Waals surface area contributed by atoms with Crippen LogP contribution in [-0.4, -0.2) is 5.16 Å². The quantitative estimate of drug-likeness (QED) is 0.408. The molecule has 62 valence electrons. The second-order valence-corrected chi connectivity index (χ2v) is 2.81. The van der Waals surface area contributed by atoms with Crippen molar-refractivity contribution in [2.75, 3.05) is 5.73 Å². The Bertz CT molecular complexity index is 352. The van der Waals surface area contributed by atoms with Gasteiger partial charge in [-0.05, 0) is 49.3 Å². The molecule has 0 saturated heterocycles. The fraction of sp³-hybridized carbons (Fsp3) is 0.222. The zero-order valence-corrected chi connectivity index (χ0v) is 7.90. The number of rotatable bonds is 1. The van der Waals surface area contributed by atoms with Gasteiger partial charge in [0.1, 0.15) is 0 Å². The molecule has 0 aliphatic carbocycles. The Labute approximate surface area is 77.1 Å². The van der Waals surface area contributed by atoms with E-state index in [4.69, 9.17) is 5.73 Å². The minimum Gasteiger partial charge on any atom is -0.399 e. The van der Waals surface area contributed by atoms with Crippen molar-refractivity contribution in [3.8, 4) is 0 Å². The van der Waals surface area contributed by atoms with Crippen LogP contribution in [-0.2, 0) is 0 Å². The summed E-state index contributed by atoms with van der Waals surface area (Å²) in [4.78, 5) is 3.92. The van der Waals surface area contributed by atoms with Crippen LogP contribution >= 0.6 is 12.2 Å². The van der Waals surface area contributed by atoms with Gasteiger partial charge < -0.3 is 5.73 Å². The van der Waals surface area contributed by atoms with Crippen LogP contribution < -0.4 is 5.73 Å². The second kappa shape index (κ2) is 3.48. The molecule has 0 aromatic heterocycles. The summed E-state index contributed by atoms with van der Waals surface area (Å²) >= 11 is 4.52. The average Bonchev–Trinajstić information content (AvgIpc) is 2.07. The van der Waals surface area contributed by atoms with E-state index >= 15 is 0 Å². The Morgan fingerprint density at radius 2 is 2.00 bits per heavy atom. The standard InChI is InChI=1S/C9H10N2S/c1-6-7(2)9(11-5-12)4-3-8(6)10/h3-4H,10H2,1-2H3. The van der Waals surface area contributed by atoms with E-state index in [-0.39, 0.29) is 0 Å². The summed E-state index contributed by atoms with van der Waals surface area (Å²) in [7, 11) is 0. The van der Waals surface area contributed by atoms with Gasteiger partial charge in [0.2, 0.25) is 0 Å². The molecule has 0 aliphatic rings. The van der Waals surface area contributed by atoms with Crippen LogP contribution in [0.5, 0.6) is 0 Å². The van der Waals surface area contributed by atoms with E-state index in [0.717, 1.165) is 22.5 Å². The lowest BCUT2D eigenvalue weighted by Crippen LogP contribution is -1.91. The van der Waals surface area contributed by atoms with Crippen LogP contribution in [0.4, 0.5) is 11.4 Å². The number of nitrogen functional groups attached to an aromatic ring is 1. The Morgan fingerprint density at radius 3 is 2.58 bits per heavy atom. The van der Waals surface area contributed by atoms with Crippen LogP contribution in [0, 0.1) is 13.8 Å². The van der Waals surface area contributed by atoms with E-state index in [1.165, 1.54) is 0 Å². The summed E-state index contributed by atoms with van der Waals surface area (Å²) in [6, 6.07) is 3.67. The van der Waals surface area contributed by atoms with Gasteiger partial charge in [0, 0.05) is 5.69 Å². The molecule has 1 aromatic carbocycles. The normalized spacial score (nSPS) is 9.17. The summed E-state index contributed by atoms with van der Waals surface area (Å²) in [6.07, 6.45) is 0. The van der Waals surface area contributed by atoms with Gasteiger partial charge in [0.15, 0.2) is 0 Å². The van der Waals surface area contributed by atoms with Gasteiger partial charge in [-0.15, -0.1) is 0 Å². The number of nitrogens with two attached hydrogens (primary N) is 1. The first-order valence-corrected chi connectivity index (χ1v) is 4.01. The second-order valence-electron chi connectivity index (χ2n) is 2.63. The Balaban J connectivity index is 3.35. The first-order chi connectivity index (χ1) is 5.66. The number of benzene rings is 1. The van der Waals surface area contributed by atoms with E-state index in [2.05, 4.69) is 22.4 Å². The van der Waals surface area contributed by atoms with Gasteiger partial charge in [0.05, 0.1) is 10.8 Å². The van der Waals surface area contributed by atoms with Gasteiger partial charge in [-0.3, -0.25) is 0 Å². The number of hydrogen-bond donors (Lipinski definition) is 1. The highest BCUT2D eigenvalue weighted by Crippen LogP contribution is 2.25. The molecule has 3 heteroatoms. The highest BCUT2D eigenvalue weighted by Gasteiger charge is 2.01. The Kier molecular flexibility index (Phi) is 2.58. The number of thiocarbonyl (C=S) groups is 1. The van der Waals surface area contributed by atoms with Crippen molar-refractivity contribution in [3.05, 3.63) is 23.3 Å². The van der Waals surface area contributed by atoms with Crippen LogP contribution in [0.15, 0.2) is 17.1 Å². The summed E-state index contributed by atoms with van der Waals surface area (Å²) in [5.74, 6) is 0. The zero-order valence-electron chi connectivity index (χ0n) is 7.09. The fourth-order valence-corrected chi connectivity index (χ4v) is 1.10. The average molecular weight is 178 g/mol. The zero-order chi connectivity index (χ0) is 9.14. The maximum atomic E-state index is 5.70. The summed E-state index contributed by atoms with van der Waals surface area (Å²) < 4.78 is 0. The van der Waals surface area contributed by atoms with Gasteiger partial charge in [-0.25, -0.2) is 0 Å². The smallest absolute Gasteiger partial charge is 0.0772 e. The van der Waals surface area contributed by atoms with Crippen molar-refractivity contribution >= 4 is 28.8 Å². The molecule has 0 spiro atoms. The van der Waals surface area contributed by atoms with Crippen LogP contribution in [0.25, 0.3) is 0 Å². The molecule has 12 heavy (non-hydrogen) atoms. The molecule has 1 rings (SSSR count). The van der Waals surface area contributed by atoms with Crippen LogP contribution in [0.2, 0.25) is 0 Å². The van der Waals surface area contributed by atoms with E-state index < -0.39 is 0 Å². The van der Waals surface area contributed by atoms with E-state index in [9.17, 15) is 0 Å². The molecular formula is C9H10N2S. The molecule has 0 heterocycles. The van der Waals surface area contributed by atoms with Crippen molar-refractivity contribution in [1.82, 2.24) is 0 Å². The molecule has 0 atom stereocenters. The van der Waals surface area contributed by atoms with Gasteiger partial charge in [0.25, 0.3) is 0 Å².